The number of carbonyl (C=O) groups excluding carboxylic acids is 1. The summed E-state index contributed by atoms with van der Waals surface area (Å²) >= 11 is 7.34. The second-order valence-corrected chi connectivity index (χ2v) is 7.88. The fourth-order valence-corrected chi connectivity index (χ4v) is 3.93. The standard InChI is InChI=1S/C19H17ClN6O3S/c1-9-8-30-16(18(28)29)15(9)25-17-12(20)6-22-19(26-17)23-11-3-2-10-5-21-7-14(27)24-13(10)4-11/h2-4,6,8,21H,5,7H2,1H3,(H,24,27)(H,28,29)(H2,22,23,25,26). The number of rotatable bonds is 5. The molecule has 1 amide bonds. The van der Waals surface area contributed by atoms with Crippen molar-refractivity contribution in [1.29, 1.82) is 0 Å². The van der Waals surface area contributed by atoms with Gasteiger partial charge in [-0.2, -0.15) is 4.98 Å². The van der Waals surface area contributed by atoms with Crippen molar-refractivity contribution in [2.24, 2.45) is 0 Å². The summed E-state index contributed by atoms with van der Waals surface area (Å²) in [4.78, 5) is 31.9. The zero-order valence-corrected chi connectivity index (χ0v) is 17.3. The number of carboxylic acid groups (broad SMARTS) is 1. The molecule has 5 N–H and O–H groups in total. The first-order chi connectivity index (χ1) is 14.4. The van der Waals surface area contributed by atoms with Gasteiger partial charge in [0.05, 0.1) is 18.4 Å². The Kier molecular flexibility index (Phi) is 5.53. The molecule has 154 valence electrons. The number of amides is 1. The minimum atomic E-state index is -1.03. The number of nitrogens with zero attached hydrogens (tertiary/aromatic N) is 2. The number of fused-ring (bicyclic) bond motifs is 1. The van der Waals surface area contributed by atoms with Crippen molar-refractivity contribution in [3.8, 4) is 0 Å². The van der Waals surface area contributed by atoms with Gasteiger partial charge in [-0.05, 0) is 35.6 Å². The number of hydrogen-bond donors (Lipinski definition) is 5. The molecule has 0 atom stereocenters. The molecule has 1 aromatic carbocycles. The van der Waals surface area contributed by atoms with Crippen molar-refractivity contribution in [3.63, 3.8) is 0 Å². The predicted octanol–water partition coefficient (Wildman–Crippen LogP) is 3.73. The van der Waals surface area contributed by atoms with Crippen molar-refractivity contribution in [2.75, 3.05) is 22.5 Å². The zero-order chi connectivity index (χ0) is 21.3. The number of aryl methyl sites for hydroxylation is 1. The van der Waals surface area contributed by atoms with E-state index in [1.165, 1.54) is 6.20 Å². The van der Waals surface area contributed by atoms with E-state index in [0.717, 1.165) is 22.5 Å². The Labute approximate surface area is 180 Å². The van der Waals surface area contributed by atoms with Gasteiger partial charge in [0.25, 0.3) is 0 Å². The molecule has 1 aliphatic heterocycles. The first-order valence-electron chi connectivity index (χ1n) is 8.92. The zero-order valence-electron chi connectivity index (χ0n) is 15.7. The summed E-state index contributed by atoms with van der Waals surface area (Å²) in [5.41, 5.74) is 3.58. The Morgan fingerprint density at radius 3 is 2.93 bits per heavy atom. The van der Waals surface area contributed by atoms with E-state index in [0.29, 0.717) is 23.6 Å². The molecule has 0 spiro atoms. The highest BCUT2D eigenvalue weighted by molar-refractivity contribution is 7.12. The maximum Gasteiger partial charge on any atom is 0.348 e. The number of aromatic nitrogens is 2. The quantitative estimate of drug-likeness (QED) is 0.402. The van der Waals surface area contributed by atoms with Crippen molar-refractivity contribution >= 4 is 63.6 Å². The molecule has 11 heteroatoms. The Bertz CT molecular complexity index is 1150. The van der Waals surface area contributed by atoms with Gasteiger partial charge >= 0.3 is 5.97 Å². The molecule has 0 fully saturated rings. The van der Waals surface area contributed by atoms with E-state index in [1.807, 2.05) is 12.1 Å². The summed E-state index contributed by atoms with van der Waals surface area (Å²) in [6.45, 7) is 2.65. The molecular weight excluding hydrogens is 428 g/mol. The third-order valence-corrected chi connectivity index (χ3v) is 5.76. The number of halogens is 1. The summed E-state index contributed by atoms with van der Waals surface area (Å²) in [5.74, 6) is -0.587. The van der Waals surface area contributed by atoms with Gasteiger partial charge in [-0.3, -0.25) is 4.79 Å². The Morgan fingerprint density at radius 2 is 2.13 bits per heavy atom. The van der Waals surface area contributed by atoms with Crippen LogP contribution in [0.1, 0.15) is 20.8 Å². The minimum absolute atomic E-state index is 0.111. The Hall–Kier alpha value is -3.21. The number of carboxylic acids is 1. The van der Waals surface area contributed by atoms with Crippen LogP contribution in [0.3, 0.4) is 0 Å². The average molecular weight is 445 g/mol. The van der Waals surface area contributed by atoms with Crippen LogP contribution in [0.4, 0.5) is 28.8 Å². The topological polar surface area (TPSA) is 128 Å². The van der Waals surface area contributed by atoms with Gasteiger partial charge in [0.1, 0.15) is 9.90 Å². The number of nitrogens with one attached hydrogen (secondary N) is 4. The van der Waals surface area contributed by atoms with Gasteiger partial charge < -0.3 is 26.4 Å². The van der Waals surface area contributed by atoms with Crippen molar-refractivity contribution in [1.82, 2.24) is 15.3 Å². The number of anilines is 5. The summed E-state index contributed by atoms with van der Waals surface area (Å²) in [6.07, 6.45) is 1.43. The van der Waals surface area contributed by atoms with Gasteiger partial charge in [-0.25, -0.2) is 9.78 Å². The van der Waals surface area contributed by atoms with E-state index in [2.05, 4.69) is 31.2 Å². The lowest BCUT2D eigenvalue weighted by atomic mass is 10.1. The molecule has 2 aromatic heterocycles. The maximum absolute atomic E-state index is 11.8. The van der Waals surface area contributed by atoms with Crippen LogP contribution in [0, 0.1) is 6.92 Å². The molecule has 0 saturated heterocycles. The first kappa shape index (κ1) is 20.1. The summed E-state index contributed by atoms with van der Waals surface area (Å²) in [5, 5.41) is 23.4. The van der Waals surface area contributed by atoms with E-state index in [1.54, 1.807) is 18.4 Å². The number of benzene rings is 1. The van der Waals surface area contributed by atoms with Crippen LogP contribution in [0.25, 0.3) is 0 Å². The number of carbonyl (C=O) groups is 2. The Balaban J connectivity index is 1.59. The predicted molar refractivity (Wildman–Crippen MR) is 116 cm³/mol. The second-order valence-electron chi connectivity index (χ2n) is 6.59. The number of hydrogen-bond acceptors (Lipinski definition) is 8. The molecule has 4 rings (SSSR count). The van der Waals surface area contributed by atoms with Crippen LogP contribution in [0.5, 0.6) is 0 Å². The molecular formula is C19H17ClN6O3S. The Morgan fingerprint density at radius 1 is 1.30 bits per heavy atom. The number of thiophene rings is 1. The summed E-state index contributed by atoms with van der Waals surface area (Å²) < 4.78 is 0. The van der Waals surface area contributed by atoms with E-state index in [-0.39, 0.29) is 34.1 Å². The molecule has 1 aliphatic rings. The SMILES string of the molecule is Cc1csc(C(=O)O)c1Nc1nc(Nc2ccc3c(c2)NC(=O)CNC3)ncc1Cl. The highest BCUT2D eigenvalue weighted by Crippen LogP contribution is 2.33. The molecule has 3 aromatic rings. The number of aromatic carboxylic acids is 1. The molecule has 0 bridgehead atoms. The van der Waals surface area contributed by atoms with Crippen LogP contribution in [-0.2, 0) is 11.3 Å². The molecule has 0 radical (unpaired) electrons. The highest BCUT2D eigenvalue weighted by Gasteiger charge is 2.18. The lowest BCUT2D eigenvalue weighted by molar-refractivity contribution is -0.115. The van der Waals surface area contributed by atoms with E-state index >= 15 is 0 Å². The fraction of sp³-hybridized carbons (Fsp3) is 0.158. The minimum Gasteiger partial charge on any atom is -0.477 e. The lowest BCUT2D eigenvalue weighted by Gasteiger charge is -2.12. The first-order valence-corrected chi connectivity index (χ1v) is 10.2. The third-order valence-electron chi connectivity index (χ3n) is 4.40. The van der Waals surface area contributed by atoms with Gasteiger partial charge in [0.15, 0.2) is 5.82 Å². The normalized spacial score (nSPS) is 13.2. The fourth-order valence-electron chi connectivity index (χ4n) is 2.95. The smallest absolute Gasteiger partial charge is 0.348 e. The van der Waals surface area contributed by atoms with Gasteiger partial charge in [-0.1, -0.05) is 17.7 Å². The monoisotopic (exact) mass is 444 g/mol. The van der Waals surface area contributed by atoms with Crippen molar-refractivity contribution < 1.29 is 14.7 Å². The van der Waals surface area contributed by atoms with E-state index < -0.39 is 5.97 Å². The molecule has 0 aliphatic carbocycles. The average Bonchev–Trinajstić information content (AvgIpc) is 2.95. The van der Waals surface area contributed by atoms with Crippen molar-refractivity contribution in [3.05, 3.63) is 50.8 Å². The van der Waals surface area contributed by atoms with Crippen molar-refractivity contribution in [2.45, 2.75) is 13.5 Å². The van der Waals surface area contributed by atoms with Crippen LogP contribution >= 0.6 is 22.9 Å². The second kappa shape index (κ2) is 8.27. The van der Waals surface area contributed by atoms with Gasteiger partial charge in [-0.15, -0.1) is 11.3 Å². The molecule has 0 unspecified atom stereocenters. The molecule has 9 nitrogen and oxygen atoms in total. The van der Waals surface area contributed by atoms with Gasteiger partial charge in [0.2, 0.25) is 11.9 Å². The molecule has 30 heavy (non-hydrogen) atoms. The van der Waals surface area contributed by atoms with Crippen LogP contribution in [0.15, 0.2) is 29.8 Å². The third kappa shape index (κ3) is 4.20. The van der Waals surface area contributed by atoms with Gasteiger partial charge in [0, 0.05) is 17.9 Å². The molecule has 3 heterocycles. The highest BCUT2D eigenvalue weighted by atomic mass is 35.5. The summed E-state index contributed by atoms with van der Waals surface area (Å²) in [6, 6.07) is 5.56. The van der Waals surface area contributed by atoms with E-state index in [4.69, 9.17) is 11.6 Å². The van der Waals surface area contributed by atoms with Crippen LogP contribution in [-0.4, -0.2) is 33.5 Å². The molecule has 0 saturated carbocycles. The lowest BCUT2D eigenvalue weighted by Crippen LogP contribution is -2.23. The maximum atomic E-state index is 11.8. The van der Waals surface area contributed by atoms with Crippen LogP contribution in [0.2, 0.25) is 5.02 Å². The van der Waals surface area contributed by atoms with Crippen LogP contribution < -0.4 is 21.3 Å². The largest absolute Gasteiger partial charge is 0.477 e. The summed E-state index contributed by atoms with van der Waals surface area (Å²) in [7, 11) is 0. The van der Waals surface area contributed by atoms with E-state index in [9.17, 15) is 14.7 Å².